The first-order chi connectivity index (χ1) is 7.57. The van der Waals surface area contributed by atoms with Crippen molar-refractivity contribution in [2.24, 2.45) is 5.92 Å². The van der Waals surface area contributed by atoms with Gasteiger partial charge in [-0.2, -0.15) is 13.2 Å². The van der Waals surface area contributed by atoms with Crippen molar-refractivity contribution in [2.75, 3.05) is 6.54 Å². The van der Waals surface area contributed by atoms with Crippen LogP contribution in [0.1, 0.15) is 24.6 Å². The number of piperidine rings is 1. The van der Waals surface area contributed by atoms with Crippen LogP contribution in [0.15, 0.2) is 24.4 Å². The zero-order valence-corrected chi connectivity index (χ0v) is 8.67. The molecule has 0 radical (unpaired) electrons. The molecule has 0 amide bonds. The molecule has 1 aliphatic heterocycles. The van der Waals surface area contributed by atoms with Gasteiger partial charge >= 0.3 is 6.18 Å². The molecule has 16 heavy (non-hydrogen) atoms. The smallest absolute Gasteiger partial charge is 0.309 e. The van der Waals surface area contributed by atoms with E-state index >= 15 is 0 Å². The molecular weight excluding hydrogens is 217 g/mol. The lowest BCUT2D eigenvalue weighted by Gasteiger charge is -2.31. The second-order valence-electron chi connectivity index (χ2n) is 4.02. The Morgan fingerprint density at radius 3 is 2.75 bits per heavy atom. The van der Waals surface area contributed by atoms with Crippen LogP contribution in [0.2, 0.25) is 0 Å². The third-order valence-electron chi connectivity index (χ3n) is 2.91. The molecule has 2 heterocycles. The molecule has 1 aromatic heterocycles. The SMILES string of the molecule is FC(F)(F)[C@H]1CCN[C@@H](c2ccccn2)C1. The molecule has 0 aliphatic carbocycles. The molecule has 0 bridgehead atoms. The van der Waals surface area contributed by atoms with E-state index in [1.807, 2.05) is 0 Å². The summed E-state index contributed by atoms with van der Waals surface area (Å²) in [6.45, 7) is 0.394. The average molecular weight is 230 g/mol. The maximum atomic E-state index is 12.6. The van der Waals surface area contributed by atoms with E-state index in [9.17, 15) is 13.2 Å². The monoisotopic (exact) mass is 230 g/mol. The summed E-state index contributed by atoms with van der Waals surface area (Å²) in [5.74, 6) is -1.21. The highest BCUT2D eigenvalue weighted by atomic mass is 19.4. The van der Waals surface area contributed by atoms with E-state index in [1.54, 1.807) is 24.4 Å². The minimum Gasteiger partial charge on any atom is -0.309 e. The highest BCUT2D eigenvalue weighted by Crippen LogP contribution is 2.37. The van der Waals surface area contributed by atoms with Crippen molar-refractivity contribution in [2.45, 2.75) is 25.1 Å². The largest absolute Gasteiger partial charge is 0.391 e. The highest BCUT2D eigenvalue weighted by Gasteiger charge is 2.42. The number of nitrogens with one attached hydrogen (secondary N) is 1. The molecule has 0 unspecified atom stereocenters. The van der Waals surface area contributed by atoms with Crippen LogP contribution in [0.5, 0.6) is 0 Å². The second-order valence-corrected chi connectivity index (χ2v) is 4.02. The molecule has 0 spiro atoms. The summed E-state index contributed by atoms with van der Waals surface area (Å²) >= 11 is 0. The van der Waals surface area contributed by atoms with E-state index < -0.39 is 12.1 Å². The van der Waals surface area contributed by atoms with Gasteiger partial charge in [-0.15, -0.1) is 0 Å². The van der Waals surface area contributed by atoms with E-state index in [2.05, 4.69) is 10.3 Å². The number of halogens is 3. The molecule has 1 fully saturated rings. The average Bonchev–Trinajstić information content (AvgIpc) is 2.29. The van der Waals surface area contributed by atoms with Gasteiger partial charge in [-0.25, -0.2) is 0 Å². The van der Waals surface area contributed by atoms with E-state index in [1.165, 1.54) is 0 Å². The van der Waals surface area contributed by atoms with Crippen LogP contribution in [0.25, 0.3) is 0 Å². The number of rotatable bonds is 1. The van der Waals surface area contributed by atoms with Gasteiger partial charge in [-0.3, -0.25) is 4.98 Å². The van der Waals surface area contributed by atoms with Crippen molar-refractivity contribution in [3.63, 3.8) is 0 Å². The third kappa shape index (κ3) is 2.52. The van der Waals surface area contributed by atoms with E-state index in [0.29, 0.717) is 12.2 Å². The predicted molar refractivity (Wildman–Crippen MR) is 53.8 cm³/mol. The molecule has 2 rings (SSSR count). The number of alkyl halides is 3. The summed E-state index contributed by atoms with van der Waals surface area (Å²) in [4.78, 5) is 4.09. The molecular formula is C11H13F3N2. The van der Waals surface area contributed by atoms with Gasteiger partial charge in [0, 0.05) is 6.20 Å². The topological polar surface area (TPSA) is 24.9 Å². The number of hydrogen-bond acceptors (Lipinski definition) is 2. The quantitative estimate of drug-likeness (QED) is 0.802. The lowest BCUT2D eigenvalue weighted by atomic mass is 9.90. The summed E-state index contributed by atoms with van der Waals surface area (Å²) in [7, 11) is 0. The zero-order chi connectivity index (χ0) is 11.6. The van der Waals surface area contributed by atoms with Gasteiger partial charge in [0.1, 0.15) is 0 Å². The molecule has 1 aliphatic rings. The highest BCUT2D eigenvalue weighted by molar-refractivity contribution is 5.09. The maximum absolute atomic E-state index is 12.6. The third-order valence-corrected chi connectivity index (χ3v) is 2.91. The molecule has 1 saturated heterocycles. The van der Waals surface area contributed by atoms with Crippen molar-refractivity contribution in [3.05, 3.63) is 30.1 Å². The van der Waals surface area contributed by atoms with Crippen LogP contribution in [0.3, 0.4) is 0 Å². The maximum Gasteiger partial charge on any atom is 0.391 e. The minimum atomic E-state index is -4.09. The molecule has 88 valence electrons. The van der Waals surface area contributed by atoms with E-state index in [-0.39, 0.29) is 18.9 Å². The van der Waals surface area contributed by atoms with Gasteiger partial charge < -0.3 is 5.32 Å². The Hall–Kier alpha value is -1.10. The van der Waals surface area contributed by atoms with Crippen molar-refractivity contribution >= 4 is 0 Å². The van der Waals surface area contributed by atoms with Gasteiger partial charge in [0.05, 0.1) is 17.7 Å². The number of hydrogen-bond donors (Lipinski definition) is 1. The Morgan fingerprint density at radius 2 is 2.12 bits per heavy atom. The van der Waals surface area contributed by atoms with Gasteiger partial charge in [-0.05, 0) is 31.5 Å². The van der Waals surface area contributed by atoms with Crippen LogP contribution in [-0.4, -0.2) is 17.7 Å². The van der Waals surface area contributed by atoms with Crippen molar-refractivity contribution < 1.29 is 13.2 Å². The van der Waals surface area contributed by atoms with Gasteiger partial charge in [0.2, 0.25) is 0 Å². The normalized spacial score (nSPS) is 26.7. The van der Waals surface area contributed by atoms with Gasteiger partial charge in [0.25, 0.3) is 0 Å². The zero-order valence-electron chi connectivity index (χ0n) is 8.67. The summed E-state index contributed by atoms with van der Waals surface area (Å²) in [6.07, 6.45) is -2.24. The van der Waals surface area contributed by atoms with Gasteiger partial charge in [0.15, 0.2) is 0 Å². The van der Waals surface area contributed by atoms with E-state index in [0.717, 1.165) is 0 Å². The summed E-state index contributed by atoms with van der Waals surface area (Å²) in [5, 5.41) is 3.07. The first kappa shape index (κ1) is 11.4. The van der Waals surface area contributed by atoms with Crippen molar-refractivity contribution in [1.82, 2.24) is 10.3 Å². The minimum absolute atomic E-state index is 0.0838. The van der Waals surface area contributed by atoms with Crippen LogP contribution in [-0.2, 0) is 0 Å². The number of nitrogens with zero attached hydrogens (tertiary/aromatic N) is 1. The fraction of sp³-hybridized carbons (Fsp3) is 0.545. The molecule has 5 heteroatoms. The number of pyridine rings is 1. The predicted octanol–water partition coefficient (Wildman–Crippen LogP) is 2.68. The van der Waals surface area contributed by atoms with Gasteiger partial charge in [-0.1, -0.05) is 6.07 Å². The fourth-order valence-electron chi connectivity index (χ4n) is 2.02. The molecule has 0 saturated carbocycles. The van der Waals surface area contributed by atoms with Crippen molar-refractivity contribution in [3.8, 4) is 0 Å². The summed E-state index contributed by atoms with van der Waals surface area (Å²) in [6, 6.07) is 5.03. The second kappa shape index (κ2) is 4.41. The van der Waals surface area contributed by atoms with Crippen LogP contribution in [0, 0.1) is 5.92 Å². The van der Waals surface area contributed by atoms with Crippen LogP contribution >= 0.6 is 0 Å². The molecule has 1 aromatic rings. The Morgan fingerprint density at radius 1 is 1.31 bits per heavy atom. The number of aromatic nitrogens is 1. The van der Waals surface area contributed by atoms with E-state index in [4.69, 9.17) is 0 Å². The first-order valence-electron chi connectivity index (χ1n) is 5.28. The van der Waals surface area contributed by atoms with Crippen molar-refractivity contribution in [1.29, 1.82) is 0 Å². The molecule has 2 nitrogen and oxygen atoms in total. The lowest BCUT2D eigenvalue weighted by molar-refractivity contribution is -0.183. The Balaban J connectivity index is 2.08. The Labute approximate surface area is 91.9 Å². The Bertz CT molecular complexity index is 337. The first-order valence-corrected chi connectivity index (χ1v) is 5.28. The van der Waals surface area contributed by atoms with Crippen LogP contribution < -0.4 is 5.32 Å². The fourth-order valence-corrected chi connectivity index (χ4v) is 2.02. The molecule has 2 atom stereocenters. The van der Waals surface area contributed by atoms with Crippen LogP contribution in [0.4, 0.5) is 13.2 Å². The summed E-state index contributed by atoms with van der Waals surface area (Å²) < 4.78 is 37.7. The molecule has 1 N–H and O–H groups in total. The molecule has 0 aromatic carbocycles. The standard InChI is InChI=1S/C11H13F3N2/c12-11(13,14)8-4-6-16-10(7-8)9-3-1-2-5-15-9/h1-3,5,8,10,16H,4,6-7H2/t8-,10+/m0/s1. The lowest BCUT2D eigenvalue weighted by Crippen LogP contribution is -2.38. The Kier molecular flexibility index (Phi) is 3.14. The summed E-state index contributed by atoms with van der Waals surface area (Å²) in [5.41, 5.74) is 0.691.